The summed E-state index contributed by atoms with van der Waals surface area (Å²) < 4.78 is 11.2. The summed E-state index contributed by atoms with van der Waals surface area (Å²) in [6.07, 6.45) is 3.86. The van der Waals surface area contributed by atoms with Gasteiger partial charge in [0, 0.05) is 17.4 Å². The summed E-state index contributed by atoms with van der Waals surface area (Å²) in [7, 11) is 1.61. The van der Waals surface area contributed by atoms with Crippen LogP contribution in [0.5, 0.6) is 11.5 Å². The molecule has 0 saturated carbocycles. The number of ether oxygens (including phenoxy) is 2. The highest BCUT2D eigenvalue weighted by Crippen LogP contribution is 2.30. The van der Waals surface area contributed by atoms with E-state index in [1.807, 2.05) is 30.5 Å². The van der Waals surface area contributed by atoms with E-state index in [4.69, 9.17) is 14.7 Å². The second-order valence-electron chi connectivity index (χ2n) is 5.01. The van der Waals surface area contributed by atoms with Gasteiger partial charge in [-0.05, 0) is 31.9 Å². The number of anilines is 1. The zero-order valence-corrected chi connectivity index (χ0v) is 14.6. The molecule has 0 aliphatic carbocycles. The van der Waals surface area contributed by atoms with Gasteiger partial charge in [0.15, 0.2) is 11.5 Å². The Hall–Kier alpha value is -2.59. The molecule has 1 N–H and O–H groups in total. The maximum absolute atomic E-state index is 8.56. The van der Waals surface area contributed by atoms with E-state index in [0.717, 1.165) is 29.2 Å². The molecule has 0 fully saturated rings. The van der Waals surface area contributed by atoms with Gasteiger partial charge in [0.25, 0.3) is 0 Å². The molecule has 0 radical (unpaired) electrons. The van der Waals surface area contributed by atoms with Crippen molar-refractivity contribution in [2.24, 2.45) is 5.10 Å². The van der Waals surface area contributed by atoms with Crippen LogP contribution in [0.25, 0.3) is 0 Å². The number of aromatic nitrogens is 1. The van der Waals surface area contributed by atoms with E-state index in [0.29, 0.717) is 24.5 Å². The topological polar surface area (TPSA) is 79.5 Å². The predicted octanol–water partition coefficient (Wildman–Crippen LogP) is 3.98. The third kappa shape index (κ3) is 5.25. The molecule has 7 heteroatoms. The lowest BCUT2D eigenvalue weighted by molar-refractivity contribution is 0.286. The van der Waals surface area contributed by atoms with Crippen LogP contribution in [0, 0.1) is 18.3 Å². The number of rotatable bonds is 9. The Balaban J connectivity index is 2.03. The van der Waals surface area contributed by atoms with Crippen molar-refractivity contribution < 1.29 is 9.47 Å². The predicted molar refractivity (Wildman–Crippen MR) is 96.0 cm³/mol. The molecule has 0 aliphatic heterocycles. The van der Waals surface area contributed by atoms with Gasteiger partial charge in [0.1, 0.15) is 0 Å². The Kier molecular flexibility index (Phi) is 7.05. The summed E-state index contributed by atoms with van der Waals surface area (Å²) in [5, 5.41) is 15.5. The van der Waals surface area contributed by atoms with Gasteiger partial charge >= 0.3 is 0 Å². The largest absolute Gasteiger partial charge is 0.493 e. The van der Waals surface area contributed by atoms with E-state index in [1.165, 1.54) is 11.3 Å². The molecule has 6 nitrogen and oxygen atoms in total. The Morgan fingerprint density at radius 2 is 2.29 bits per heavy atom. The molecule has 0 amide bonds. The van der Waals surface area contributed by atoms with Gasteiger partial charge < -0.3 is 9.47 Å². The quantitative estimate of drug-likeness (QED) is 0.423. The van der Waals surface area contributed by atoms with Crippen molar-refractivity contribution >= 4 is 22.7 Å². The molecule has 2 rings (SSSR count). The van der Waals surface area contributed by atoms with E-state index in [1.54, 1.807) is 13.3 Å². The van der Waals surface area contributed by atoms with E-state index in [2.05, 4.69) is 21.6 Å². The van der Waals surface area contributed by atoms with Crippen LogP contribution in [0.4, 0.5) is 5.13 Å². The summed E-state index contributed by atoms with van der Waals surface area (Å²) >= 11 is 1.50. The number of unbranched alkanes of at least 4 members (excludes halogenated alkanes) is 2. The lowest BCUT2D eigenvalue weighted by atomic mass is 10.2. The van der Waals surface area contributed by atoms with Crippen LogP contribution in [0.1, 0.15) is 30.5 Å². The third-order valence-corrected chi connectivity index (χ3v) is 4.01. The number of nitrogens with zero attached hydrogens (tertiary/aromatic N) is 3. The number of hydrogen-bond acceptors (Lipinski definition) is 7. The summed E-state index contributed by atoms with van der Waals surface area (Å²) in [4.78, 5) is 4.29. The maximum atomic E-state index is 8.56. The molecule has 0 aliphatic rings. The van der Waals surface area contributed by atoms with Gasteiger partial charge in [-0.2, -0.15) is 10.4 Å². The molecule has 1 heterocycles. The third-order valence-electron chi connectivity index (χ3n) is 3.14. The molecule has 0 bridgehead atoms. The first-order valence-electron chi connectivity index (χ1n) is 7.62. The minimum absolute atomic E-state index is 0.530. The second kappa shape index (κ2) is 9.53. The molecular formula is C17H20N4O2S. The fourth-order valence-electron chi connectivity index (χ4n) is 1.99. The second-order valence-corrected chi connectivity index (χ2v) is 5.86. The highest BCUT2D eigenvalue weighted by Gasteiger charge is 2.09. The van der Waals surface area contributed by atoms with Crippen molar-refractivity contribution in [2.75, 3.05) is 19.1 Å². The first-order valence-corrected chi connectivity index (χ1v) is 8.50. The monoisotopic (exact) mass is 344 g/mol. The zero-order chi connectivity index (χ0) is 17.2. The summed E-state index contributed by atoms with van der Waals surface area (Å²) in [5.74, 6) is 1.31. The minimum atomic E-state index is 0.530. The Labute approximate surface area is 145 Å². The SMILES string of the molecule is COc1cccc(C=NNc2nc(C)cs2)c1OCCCCC#N. The molecule has 1 aromatic carbocycles. The van der Waals surface area contributed by atoms with Gasteiger partial charge in [-0.15, -0.1) is 11.3 Å². The van der Waals surface area contributed by atoms with Crippen molar-refractivity contribution in [3.05, 3.63) is 34.8 Å². The first kappa shape index (κ1) is 17.8. The molecule has 0 unspecified atom stereocenters. The number of hydrogen-bond donors (Lipinski definition) is 1. The van der Waals surface area contributed by atoms with Crippen LogP contribution >= 0.6 is 11.3 Å². The number of benzene rings is 1. The van der Waals surface area contributed by atoms with Crippen molar-refractivity contribution in [2.45, 2.75) is 26.2 Å². The standard InChI is InChI=1S/C17H20N4O2S/c1-13-12-24-17(20-13)21-19-11-14-7-6-8-15(22-2)16(14)23-10-5-3-4-9-18/h6-8,11-12H,3-5,10H2,1-2H3,(H,20,21). The van der Waals surface area contributed by atoms with Crippen molar-refractivity contribution in [1.29, 1.82) is 5.26 Å². The smallest absolute Gasteiger partial charge is 0.203 e. The highest BCUT2D eigenvalue weighted by atomic mass is 32.1. The van der Waals surface area contributed by atoms with Crippen LogP contribution in [0.2, 0.25) is 0 Å². The van der Waals surface area contributed by atoms with Crippen molar-refractivity contribution in [3.8, 4) is 17.6 Å². The molecule has 24 heavy (non-hydrogen) atoms. The van der Waals surface area contributed by atoms with Crippen molar-refractivity contribution in [3.63, 3.8) is 0 Å². The van der Waals surface area contributed by atoms with Crippen LogP contribution in [-0.2, 0) is 0 Å². The minimum Gasteiger partial charge on any atom is -0.493 e. The van der Waals surface area contributed by atoms with Crippen LogP contribution in [0.15, 0.2) is 28.7 Å². The van der Waals surface area contributed by atoms with E-state index < -0.39 is 0 Å². The van der Waals surface area contributed by atoms with Crippen LogP contribution < -0.4 is 14.9 Å². The average molecular weight is 344 g/mol. The van der Waals surface area contributed by atoms with E-state index >= 15 is 0 Å². The number of nitriles is 1. The maximum Gasteiger partial charge on any atom is 0.203 e. The summed E-state index contributed by atoms with van der Waals surface area (Å²) in [6.45, 7) is 2.47. The highest BCUT2D eigenvalue weighted by molar-refractivity contribution is 7.13. The molecule has 0 atom stereocenters. The van der Waals surface area contributed by atoms with E-state index in [-0.39, 0.29) is 0 Å². The van der Waals surface area contributed by atoms with Gasteiger partial charge in [-0.3, -0.25) is 5.43 Å². The summed E-state index contributed by atoms with van der Waals surface area (Å²) in [6, 6.07) is 7.77. The number of para-hydroxylation sites is 1. The Morgan fingerprint density at radius 3 is 3.00 bits per heavy atom. The van der Waals surface area contributed by atoms with E-state index in [9.17, 15) is 0 Å². The fraction of sp³-hybridized carbons (Fsp3) is 0.353. The molecular weight excluding hydrogens is 324 g/mol. The van der Waals surface area contributed by atoms with Gasteiger partial charge in [-0.25, -0.2) is 4.98 Å². The lowest BCUT2D eigenvalue weighted by Gasteiger charge is -2.12. The van der Waals surface area contributed by atoms with Crippen LogP contribution in [-0.4, -0.2) is 24.9 Å². The molecule has 0 spiro atoms. The number of aryl methyl sites for hydroxylation is 1. The number of thiazole rings is 1. The number of hydrazone groups is 1. The molecule has 1 aromatic heterocycles. The van der Waals surface area contributed by atoms with Crippen LogP contribution in [0.3, 0.4) is 0 Å². The Morgan fingerprint density at radius 1 is 1.42 bits per heavy atom. The molecule has 0 saturated heterocycles. The lowest BCUT2D eigenvalue weighted by Crippen LogP contribution is -2.03. The van der Waals surface area contributed by atoms with Crippen molar-refractivity contribution in [1.82, 2.24) is 4.98 Å². The first-order chi connectivity index (χ1) is 11.7. The van der Waals surface area contributed by atoms with Gasteiger partial charge in [0.05, 0.1) is 31.7 Å². The van der Waals surface area contributed by atoms with Gasteiger partial charge in [-0.1, -0.05) is 6.07 Å². The Bertz CT molecular complexity index is 722. The summed E-state index contributed by atoms with van der Waals surface area (Å²) in [5.41, 5.74) is 4.68. The number of nitrogens with one attached hydrogen (secondary N) is 1. The molecule has 2 aromatic rings. The fourth-order valence-corrected chi connectivity index (χ4v) is 2.63. The number of methoxy groups -OCH3 is 1. The zero-order valence-electron chi connectivity index (χ0n) is 13.8. The average Bonchev–Trinajstić information content (AvgIpc) is 3.00. The normalized spacial score (nSPS) is 10.5. The van der Waals surface area contributed by atoms with Gasteiger partial charge in [0.2, 0.25) is 5.13 Å². The molecule has 126 valence electrons.